The van der Waals surface area contributed by atoms with E-state index in [1.165, 1.54) is 6.07 Å². The summed E-state index contributed by atoms with van der Waals surface area (Å²) < 4.78 is 37.9. The Bertz CT molecular complexity index is 521. The zero-order valence-electron chi connectivity index (χ0n) is 9.82. The van der Waals surface area contributed by atoms with Crippen LogP contribution in [-0.4, -0.2) is 11.4 Å². The second-order valence-corrected chi connectivity index (χ2v) is 4.47. The van der Waals surface area contributed by atoms with Crippen molar-refractivity contribution < 1.29 is 13.2 Å². The highest BCUT2D eigenvalue weighted by Crippen LogP contribution is 2.34. The summed E-state index contributed by atoms with van der Waals surface area (Å²) in [5, 5.41) is 11.0. The highest BCUT2D eigenvalue weighted by Gasteiger charge is 2.30. The lowest BCUT2D eigenvalue weighted by atomic mass is 10.1. The van der Waals surface area contributed by atoms with Crippen LogP contribution in [0, 0.1) is 11.5 Å². The minimum absolute atomic E-state index is 0.150. The van der Waals surface area contributed by atoms with Crippen LogP contribution >= 0.6 is 24.4 Å². The summed E-state index contributed by atoms with van der Waals surface area (Å²) in [5.74, 6) is 0.255. The number of benzene rings is 1. The predicted molar refractivity (Wildman–Crippen MR) is 73.5 cm³/mol. The van der Waals surface area contributed by atoms with Crippen molar-refractivity contribution in [2.45, 2.75) is 11.9 Å². The van der Waals surface area contributed by atoms with Crippen LogP contribution in [0.5, 0.6) is 0 Å². The van der Waals surface area contributed by atoms with Gasteiger partial charge in [-0.2, -0.15) is 31.1 Å². The lowest BCUT2D eigenvalue weighted by Gasteiger charge is -2.10. The normalized spacial score (nSPS) is 12.1. The van der Waals surface area contributed by atoms with Crippen molar-refractivity contribution >= 4 is 35.2 Å². The van der Waals surface area contributed by atoms with Crippen molar-refractivity contribution in [3.05, 3.63) is 29.3 Å². The van der Waals surface area contributed by atoms with Gasteiger partial charge in [0.2, 0.25) is 0 Å². The maximum absolute atomic E-state index is 12.6. The van der Waals surface area contributed by atoms with E-state index >= 15 is 0 Å². The number of rotatable bonds is 2. The number of thioether (sulfide) groups is 1. The monoisotopic (exact) mass is 305 g/mol. The number of thiol groups is 1. The Hall–Kier alpha value is -1.33. The Balaban J connectivity index is 3.27. The van der Waals surface area contributed by atoms with Crippen LogP contribution in [0.3, 0.4) is 0 Å². The fraction of sp³-hybridized carbons (Fsp3) is 0.273. The zero-order valence-corrected chi connectivity index (χ0v) is 11.5. The Morgan fingerprint density at radius 2 is 2.21 bits per heavy atom. The van der Waals surface area contributed by atoms with Gasteiger partial charge in [-0.1, -0.05) is 17.8 Å². The van der Waals surface area contributed by atoms with Crippen LogP contribution in [0.25, 0.3) is 0 Å². The molecular weight excluding hydrogens is 295 g/mol. The number of alkyl halides is 3. The number of amidine groups is 1. The molecule has 0 unspecified atom stereocenters. The maximum Gasteiger partial charge on any atom is 0.416 e. The van der Waals surface area contributed by atoms with E-state index < -0.39 is 11.7 Å². The van der Waals surface area contributed by atoms with Crippen LogP contribution in [0.1, 0.15) is 11.1 Å². The van der Waals surface area contributed by atoms with Gasteiger partial charge in [-0.05, 0) is 24.0 Å². The first-order valence-electron chi connectivity index (χ1n) is 5.01. The third kappa shape index (κ3) is 4.36. The van der Waals surface area contributed by atoms with E-state index in [1.807, 2.05) is 0 Å². The first-order valence-corrected chi connectivity index (χ1v) is 6.87. The Labute approximate surface area is 118 Å². The minimum Gasteiger partial charge on any atom is -0.271 e. The van der Waals surface area contributed by atoms with Crippen molar-refractivity contribution in [2.75, 3.05) is 6.26 Å². The summed E-state index contributed by atoms with van der Waals surface area (Å²) in [6.45, 7) is 0. The third-order valence-electron chi connectivity index (χ3n) is 2.16. The molecule has 19 heavy (non-hydrogen) atoms. The number of halogens is 3. The van der Waals surface area contributed by atoms with Crippen molar-refractivity contribution in [2.24, 2.45) is 4.99 Å². The largest absolute Gasteiger partial charge is 0.416 e. The minimum atomic E-state index is -4.43. The van der Waals surface area contributed by atoms with Gasteiger partial charge in [0.25, 0.3) is 0 Å². The molecule has 0 aliphatic heterocycles. The molecule has 1 rings (SSSR count). The van der Waals surface area contributed by atoms with Gasteiger partial charge in [0.1, 0.15) is 0 Å². The SMILES string of the molecule is CSC(=Nc1cc(C(F)(F)F)ccc1CS)NC#N. The molecule has 0 aliphatic rings. The predicted octanol–water partition coefficient (Wildman–Crippen LogP) is 3.56. The molecule has 1 aromatic carbocycles. The summed E-state index contributed by atoms with van der Waals surface area (Å²) in [6.07, 6.45) is -1.09. The molecule has 1 aromatic rings. The Morgan fingerprint density at radius 3 is 2.68 bits per heavy atom. The van der Waals surface area contributed by atoms with E-state index in [1.54, 1.807) is 12.4 Å². The van der Waals surface area contributed by atoms with E-state index in [4.69, 9.17) is 5.26 Å². The van der Waals surface area contributed by atoms with Crippen molar-refractivity contribution in [3.63, 3.8) is 0 Å². The summed E-state index contributed by atoms with van der Waals surface area (Å²) in [4.78, 5) is 4.01. The first-order chi connectivity index (χ1) is 8.92. The molecule has 8 heteroatoms. The van der Waals surface area contributed by atoms with Gasteiger partial charge < -0.3 is 0 Å². The van der Waals surface area contributed by atoms with Crippen molar-refractivity contribution in [3.8, 4) is 6.19 Å². The molecule has 0 saturated heterocycles. The molecule has 1 N–H and O–H groups in total. The number of nitrogens with one attached hydrogen (secondary N) is 1. The zero-order chi connectivity index (χ0) is 14.5. The van der Waals surface area contributed by atoms with Crippen molar-refractivity contribution in [1.82, 2.24) is 5.32 Å². The quantitative estimate of drug-likeness (QED) is 0.289. The number of aliphatic imine (C=N–C) groups is 1. The fourth-order valence-corrected chi connectivity index (χ4v) is 1.86. The Morgan fingerprint density at radius 1 is 1.53 bits per heavy atom. The van der Waals surface area contributed by atoms with Gasteiger partial charge in [-0.15, -0.1) is 0 Å². The van der Waals surface area contributed by atoms with Gasteiger partial charge in [-0.3, -0.25) is 5.32 Å². The molecule has 102 valence electrons. The molecular formula is C11H10F3N3S2. The summed E-state index contributed by atoms with van der Waals surface area (Å²) in [6, 6.07) is 3.26. The number of hydrogen-bond donors (Lipinski definition) is 2. The lowest BCUT2D eigenvalue weighted by molar-refractivity contribution is -0.137. The summed E-state index contributed by atoms with van der Waals surface area (Å²) in [5.41, 5.74) is -0.0752. The average molecular weight is 305 g/mol. The average Bonchev–Trinajstić information content (AvgIpc) is 2.37. The molecule has 0 saturated carbocycles. The van der Waals surface area contributed by atoms with Gasteiger partial charge >= 0.3 is 6.18 Å². The molecule has 0 amide bonds. The van der Waals surface area contributed by atoms with Gasteiger partial charge in [0, 0.05) is 5.75 Å². The molecule has 0 aromatic heterocycles. The third-order valence-corrected chi connectivity index (χ3v) is 3.08. The maximum atomic E-state index is 12.6. The highest BCUT2D eigenvalue weighted by atomic mass is 32.2. The number of nitrogens with zero attached hydrogens (tertiary/aromatic N) is 2. The topological polar surface area (TPSA) is 48.2 Å². The molecule has 0 atom stereocenters. The van der Waals surface area contributed by atoms with Gasteiger partial charge in [0.15, 0.2) is 11.4 Å². The Kier molecular flexibility index (Phi) is 5.57. The van der Waals surface area contributed by atoms with E-state index in [2.05, 4.69) is 22.9 Å². The van der Waals surface area contributed by atoms with Crippen LogP contribution in [0.4, 0.5) is 18.9 Å². The second-order valence-electron chi connectivity index (χ2n) is 3.36. The van der Waals surface area contributed by atoms with Crippen LogP contribution in [0.15, 0.2) is 23.2 Å². The molecule has 0 fully saturated rings. The van der Waals surface area contributed by atoms with Crippen molar-refractivity contribution in [1.29, 1.82) is 5.26 Å². The summed E-state index contributed by atoms with van der Waals surface area (Å²) >= 11 is 5.18. The molecule has 0 spiro atoms. The highest BCUT2D eigenvalue weighted by molar-refractivity contribution is 8.13. The van der Waals surface area contributed by atoms with Crippen LogP contribution in [0.2, 0.25) is 0 Å². The first kappa shape index (κ1) is 15.7. The van der Waals surface area contributed by atoms with Crippen LogP contribution < -0.4 is 5.32 Å². The van der Waals surface area contributed by atoms with Crippen LogP contribution in [-0.2, 0) is 11.9 Å². The fourth-order valence-electron chi connectivity index (χ4n) is 1.26. The lowest BCUT2D eigenvalue weighted by Crippen LogP contribution is -2.12. The number of nitriles is 1. The molecule has 0 bridgehead atoms. The molecule has 3 nitrogen and oxygen atoms in total. The summed E-state index contributed by atoms with van der Waals surface area (Å²) in [7, 11) is 0. The van der Waals surface area contributed by atoms with E-state index in [0.29, 0.717) is 5.56 Å². The van der Waals surface area contributed by atoms with Gasteiger partial charge in [-0.25, -0.2) is 4.99 Å². The van der Waals surface area contributed by atoms with E-state index in [0.717, 1.165) is 23.9 Å². The molecule has 0 heterocycles. The standard InChI is InChI=1S/C11H10F3N3S2/c1-19-10(16-6-15)17-9-4-8(11(12,13)14)3-2-7(9)5-18/h2-4,18H,5H2,1H3,(H,16,17). The number of hydrogen-bond acceptors (Lipinski definition) is 4. The second kappa shape index (κ2) is 6.73. The van der Waals surface area contributed by atoms with Gasteiger partial charge in [0.05, 0.1) is 11.3 Å². The smallest absolute Gasteiger partial charge is 0.271 e. The van der Waals surface area contributed by atoms with E-state index in [-0.39, 0.29) is 16.6 Å². The molecule has 0 radical (unpaired) electrons. The van der Waals surface area contributed by atoms with E-state index in [9.17, 15) is 13.2 Å². The molecule has 0 aliphatic carbocycles.